The quantitative estimate of drug-likeness (QED) is 0.411. The van der Waals surface area contributed by atoms with Crippen LogP contribution in [0.5, 0.6) is 0 Å². The van der Waals surface area contributed by atoms with E-state index in [1.807, 2.05) is 6.07 Å². The van der Waals surface area contributed by atoms with Crippen molar-refractivity contribution in [3.05, 3.63) is 52.3 Å². The van der Waals surface area contributed by atoms with E-state index in [2.05, 4.69) is 10.4 Å². The molecule has 2 aliphatic rings. The number of aryl methyl sites for hydroxylation is 1. The summed E-state index contributed by atoms with van der Waals surface area (Å²) in [6.07, 6.45) is -0.172. The zero-order valence-corrected chi connectivity index (χ0v) is 23.8. The number of fused-ring (bicyclic) bond motifs is 1. The molecule has 4 N–H and O–H groups in total. The third-order valence-corrected chi connectivity index (χ3v) is 11.2. The number of sulfone groups is 1. The van der Waals surface area contributed by atoms with Crippen molar-refractivity contribution >= 4 is 21.7 Å². The van der Waals surface area contributed by atoms with Gasteiger partial charge in [-0.3, -0.25) is 14.3 Å². The standard InChI is InChI=1S/C27H36N6O5S/c1-25(2,29)24(36)26(3,4)39(37,38)27(11-12-27)16-33-13-10-19-20(31-32(5)21(19)23(33)35)22(34)30-15-18-8-6-17(14-28)7-9-18/h6-9,24,36H,10-13,15-16,29H2,1-5H3,(H,30,34)/t24-/m0/s1. The number of amides is 2. The minimum atomic E-state index is -3.89. The van der Waals surface area contributed by atoms with Gasteiger partial charge in [0.1, 0.15) is 5.69 Å². The van der Waals surface area contributed by atoms with Gasteiger partial charge in [-0.1, -0.05) is 12.1 Å². The number of nitriles is 1. The number of nitrogens with one attached hydrogen (secondary N) is 1. The molecule has 2 aromatic rings. The molecule has 0 saturated heterocycles. The summed E-state index contributed by atoms with van der Waals surface area (Å²) in [6, 6.07) is 8.90. The van der Waals surface area contributed by atoms with Crippen molar-refractivity contribution in [1.82, 2.24) is 20.0 Å². The Labute approximate surface area is 228 Å². The van der Waals surface area contributed by atoms with Crippen LogP contribution in [0.2, 0.25) is 0 Å². The number of aliphatic hydroxyl groups is 1. The predicted octanol–water partition coefficient (Wildman–Crippen LogP) is 1.04. The van der Waals surface area contributed by atoms with Crippen molar-refractivity contribution in [2.24, 2.45) is 12.8 Å². The molecule has 4 rings (SSSR count). The maximum absolute atomic E-state index is 13.8. The Morgan fingerprint density at radius 2 is 1.87 bits per heavy atom. The SMILES string of the molecule is Cn1nc(C(=O)NCc2ccc(C#N)cc2)c2c1C(=O)N(CC1(S(=O)(=O)C(C)(C)[C@@H](O)C(C)(C)N)CC1)CC2. The fourth-order valence-corrected chi connectivity index (χ4v) is 8.15. The Bertz CT molecular complexity index is 1440. The molecule has 1 aliphatic carbocycles. The lowest BCUT2D eigenvalue weighted by Crippen LogP contribution is -2.62. The van der Waals surface area contributed by atoms with Crippen molar-refractivity contribution in [1.29, 1.82) is 5.26 Å². The summed E-state index contributed by atoms with van der Waals surface area (Å²) in [7, 11) is -2.31. The number of nitrogens with two attached hydrogens (primary N) is 1. The van der Waals surface area contributed by atoms with E-state index in [0.717, 1.165) is 5.56 Å². The van der Waals surface area contributed by atoms with Crippen LogP contribution in [0.4, 0.5) is 0 Å². The van der Waals surface area contributed by atoms with Gasteiger partial charge in [0.25, 0.3) is 11.8 Å². The van der Waals surface area contributed by atoms with Crippen LogP contribution in [-0.4, -0.2) is 74.2 Å². The first-order chi connectivity index (χ1) is 18.1. The highest BCUT2D eigenvalue weighted by molar-refractivity contribution is 7.94. The molecular formula is C27H36N6O5S. The van der Waals surface area contributed by atoms with Gasteiger partial charge in [-0.2, -0.15) is 10.4 Å². The molecule has 1 atom stereocenters. The van der Waals surface area contributed by atoms with Crippen LogP contribution < -0.4 is 11.1 Å². The number of aliphatic hydroxyl groups excluding tert-OH is 1. The lowest BCUT2D eigenvalue weighted by atomic mass is 9.89. The Hall–Kier alpha value is -3.27. The van der Waals surface area contributed by atoms with Crippen molar-refractivity contribution in [2.45, 2.75) is 74.6 Å². The van der Waals surface area contributed by atoms with Crippen molar-refractivity contribution in [3.8, 4) is 6.07 Å². The van der Waals surface area contributed by atoms with Gasteiger partial charge in [0.05, 0.1) is 27.2 Å². The lowest BCUT2D eigenvalue weighted by molar-refractivity contribution is 0.0694. The van der Waals surface area contributed by atoms with E-state index in [1.165, 1.54) is 23.4 Å². The number of carbonyl (C=O) groups is 2. The van der Waals surface area contributed by atoms with Gasteiger partial charge in [0.2, 0.25) is 0 Å². The molecule has 12 heteroatoms. The first kappa shape index (κ1) is 28.7. The lowest BCUT2D eigenvalue weighted by Gasteiger charge is -2.41. The monoisotopic (exact) mass is 556 g/mol. The molecule has 1 fully saturated rings. The van der Waals surface area contributed by atoms with Crippen LogP contribution in [0.1, 0.15) is 78.2 Å². The van der Waals surface area contributed by atoms with E-state index in [1.54, 1.807) is 45.2 Å². The number of aromatic nitrogens is 2. The topological polar surface area (TPSA) is 171 Å². The van der Waals surface area contributed by atoms with Crippen LogP contribution >= 0.6 is 0 Å². The first-order valence-electron chi connectivity index (χ1n) is 12.9. The van der Waals surface area contributed by atoms with E-state index in [4.69, 9.17) is 11.0 Å². The second-order valence-corrected chi connectivity index (χ2v) is 14.7. The van der Waals surface area contributed by atoms with Crippen LogP contribution in [-0.2, 0) is 29.9 Å². The summed E-state index contributed by atoms with van der Waals surface area (Å²) in [5.74, 6) is -0.796. The summed E-state index contributed by atoms with van der Waals surface area (Å²) in [5, 5.41) is 26.9. The highest BCUT2D eigenvalue weighted by Gasteiger charge is 2.63. The summed E-state index contributed by atoms with van der Waals surface area (Å²) in [5.41, 5.74) is 7.23. The third kappa shape index (κ3) is 4.95. The molecule has 1 saturated carbocycles. The van der Waals surface area contributed by atoms with Gasteiger partial charge in [-0.15, -0.1) is 0 Å². The summed E-state index contributed by atoms with van der Waals surface area (Å²) < 4.78 is 26.3. The van der Waals surface area contributed by atoms with Crippen molar-refractivity contribution in [2.75, 3.05) is 13.1 Å². The second-order valence-electron chi connectivity index (χ2n) is 11.8. The molecule has 1 aromatic carbocycles. The van der Waals surface area contributed by atoms with E-state index in [9.17, 15) is 23.1 Å². The highest BCUT2D eigenvalue weighted by Crippen LogP contribution is 2.50. The molecule has 210 valence electrons. The smallest absolute Gasteiger partial charge is 0.272 e. The molecule has 0 spiro atoms. The number of benzene rings is 1. The Kier molecular flexibility index (Phi) is 7.17. The number of nitrogens with zero attached hydrogens (tertiary/aromatic N) is 4. The Balaban J connectivity index is 1.51. The van der Waals surface area contributed by atoms with Gasteiger partial charge in [0, 0.05) is 37.8 Å². The molecule has 2 amide bonds. The Morgan fingerprint density at radius 3 is 2.41 bits per heavy atom. The van der Waals surface area contributed by atoms with Gasteiger partial charge in [-0.05, 0) is 64.7 Å². The first-order valence-corrected chi connectivity index (χ1v) is 14.4. The number of rotatable bonds is 9. The highest BCUT2D eigenvalue weighted by atomic mass is 32.2. The normalized spacial score (nSPS) is 17.8. The molecule has 0 unspecified atom stereocenters. The van der Waals surface area contributed by atoms with Gasteiger partial charge in [-0.25, -0.2) is 8.42 Å². The summed E-state index contributed by atoms with van der Waals surface area (Å²) in [6.45, 7) is 6.63. The van der Waals surface area contributed by atoms with E-state index < -0.39 is 36.9 Å². The van der Waals surface area contributed by atoms with Crippen LogP contribution in [0.25, 0.3) is 0 Å². The summed E-state index contributed by atoms with van der Waals surface area (Å²) >= 11 is 0. The van der Waals surface area contributed by atoms with Gasteiger partial charge < -0.3 is 21.1 Å². The number of hydrogen-bond acceptors (Lipinski definition) is 8. The van der Waals surface area contributed by atoms with Gasteiger partial charge in [0.15, 0.2) is 15.5 Å². The van der Waals surface area contributed by atoms with E-state index in [0.29, 0.717) is 30.4 Å². The number of carbonyl (C=O) groups excluding carboxylic acids is 2. The molecule has 1 aliphatic heterocycles. The fraction of sp³-hybridized carbons (Fsp3) is 0.556. The largest absolute Gasteiger partial charge is 0.390 e. The number of hydrogen-bond donors (Lipinski definition) is 3. The molecule has 1 aromatic heterocycles. The summed E-state index contributed by atoms with van der Waals surface area (Å²) in [4.78, 5) is 28.0. The Morgan fingerprint density at radius 1 is 1.26 bits per heavy atom. The molecule has 0 bridgehead atoms. The van der Waals surface area contributed by atoms with E-state index in [-0.39, 0.29) is 36.9 Å². The predicted molar refractivity (Wildman–Crippen MR) is 144 cm³/mol. The second kappa shape index (κ2) is 9.73. The van der Waals surface area contributed by atoms with Crippen LogP contribution in [0.3, 0.4) is 0 Å². The fourth-order valence-electron chi connectivity index (χ4n) is 5.47. The zero-order chi connectivity index (χ0) is 29.0. The van der Waals surface area contributed by atoms with Gasteiger partial charge >= 0.3 is 0 Å². The van der Waals surface area contributed by atoms with Crippen molar-refractivity contribution in [3.63, 3.8) is 0 Å². The molecule has 2 heterocycles. The third-order valence-electron chi connectivity index (χ3n) is 7.93. The van der Waals surface area contributed by atoms with E-state index >= 15 is 0 Å². The van der Waals surface area contributed by atoms with Crippen LogP contribution in [0, 0.1) is 11.3 Å². The molecular weight excluding hydrogens is 520 g/mol. The average Bonchev–Trinajstić information content (AvgIpc) is 3.59. The maximum Gasteiger partial charge on any atom is 0.272 e. The molecule has 39 heavy (non-hydrogen) atoms. The minimum absolute atomic E-state index is 0.000158. The van der Waals surface area contributed by atoms with Crippen LogP contribution in [0.15, 0.2) is 24.3 Å². The molecule has 0 radical (unpaired) electrons. The minimum Gasteiger partial charge on any atom is -0.390 e. The molecule has 11 nitrogen and oxygen atoms in total. The maximum atomic E-state index is 13.8. The zero-order valence-electron chi connectivity index (χ0n) is 23.0. The van der Waals surface area contributed by atoms with Crippen molar-refractivity contribution < 1.29 is 23.1 Å². The average molecular weight is 557 g/mol.